The van der Waals surface area contributed by atoms with Crippen molar-refractivity contribution in [3.05, 3.63) is 47.2 Å². The first kappa shape index (κ1) is 15.2. The van der Waals surface area contributed by atoms with Crippen LogP contribution in [0.2, 0.25) is 0 Å². The van der Waals surface area contributed by atoms with Crippen LogP contribution in [0.1, 0.15) is 43.5 Å². The van der Waals surface area contributed by atoms with E-state index in [1.807, 2.05) is 6.07 Å². The number of carbonyl (C=O) groups excluding carboxylic acids is 1. The van der Waals surface area contributed by atoms with Crippen LogP contribution in [0.3, 0.4) is 0 Å². The summed E-state index contributed by atoms with van der Waals surface area (Å²) >= 11 is 0. The second kappa shape index (κ2) is 6.53. The number of benzene rings is 1. The van der Waals surface area contributed by atoms with Gasteiger partial charge < -0.3 is 4.74 Å². The van der Waals surface area contributed by atoms with E-state index in [0.717, 1.165) is 22.2 Å². The van der Waals surface area contributed by atoms with Gasteiger partial charge in [0.05, 0.1) is 17.8 Å². The summed E-state index contributed by atoms with van der Waals surface area (Å²) in [5.74, 6) is 0.0686. The Hall–Kier alpha value is -2.16. The molecule has 2 aromatic rings. The van der Waals surface area contributed by atoms with Crippen LogP contribution < -0.4 is 0 Å². The summed E-state index contributed by atoms with van der Waals surface area (Å²) in [7, 11) is 0. The summed E-state index contributed by atoms with van der Waals surface area (Å²) in [6.45, 7) is 8.56. The van der Waals surface area contributed by atoms with Crippen LogP contribution in [0.15, 0.2) is 30.3 Å². The molecule has 0 radical (unpaired) electrons. The lowest BCUT2D eigenvalue weighted by Crippen LogP contribution is -1.99. The Morgan fingerprint density at radius 2 is 2.14 bits per heavy atom. The Bertz CT molecular complexity index is 687. The van der Waals surface area contributed by atoms with Crippen LogP contribution in [0.4, 0.5) is 0 Å². The highest BCUT2D eigenvalue weighted by atomic mass is 16.5. The third-order valence-electron chi connectivity index (χ3n) is 3.40. The molecular formula is C18H21NO2. The molecule has 0 fully saturated rings. The molecule has 2 rings (SSSR count). The van der Waals surface area contributed by atoms with Crippen molar-refractivity contribution in [2.24, 2.45) is 0 Å². The van der Waals surface area contributed by atoms with Crippen molar-refractivity contribution in [3.63, 3.8) is 0 Å². The zero-order valence-electron chi connectivity index (χ0n) is 13.0. The van der Waals surface area contributed by atoms with Gasteiger partial charge in [0, 0.05) is 11.5 Å². The smallest absolute Gasteiger partial charge is 0.330 e. The minimum absolute atomic E-state index is 0.339. The van der Waals surface area contributed by atoms with Crippen LogP contribution >= 0.6 is 0 Å². The molecule has 0 saturated heterocycles. The van der Waals surface area contributed by atoms with Crippen molar-refractivity contribution in [1.29, 1.82) is 0 Å². The summed E-state index contributed by atoms with van der Waals surface area (Å²) in [4.78, 5) is 16.1. The minimum atomic E-state index is -0.339. The normalized spacial score (nSPS) is 11.5. The molecule has 0 amide bonds. The van der Waals surface area contributed by atoms with E-state index in [4.69, 9.17) is 9.72 Å². The van der Waals surface area contributed by atoms with Crippen LogP contribution in [0, 0.1) is 6.92 Å². The van der Waals surface area contributed by atoms with E-state index in [2.05, 4.69) is 39.0 Å². The van der Waals surface area contributed by atoms with E-state index in [0.29, 0.717) is 12.5 Å². The number of hydrogen-bond acceptors (Lipinski definition) is 3. The van der Waals surface area contributed by atoms with Crippen LogP contribution in [0.25, 0.3) is 17.0 Å². The monoisotopic (exact) mass is 283 g/mol. The van der Waals surface area contributed by atoms with Crippen LogP contribution in [0.5, 0.6) is 0 Å². The molecule has 0 atom stereocenters. The van der Waals surface area contributed by atoms with E-state index in [-0.39, 0.29) is 5.97 Å². The number of aryl methyl sites for hydroxylation is 1. The fourth-order valence-corrected chi connectivity index (χ4v) is 2.36. The molecule has 110 valence electrons. The van der Waals surface area contributed by atoms with Gasteiger partial charge in [0.15, 0.2) is 0 Å². The van der Waals surface area contributed by atoms with Gasteiger partial charge in [-0.2, -0.15) is 0 Å². The Labute approximate surface area is 125 Å². The minimum Gasteiger partial charge on any atom is -0.463 e. The highest BCUT2D eigenvalue weighted by Gasteiger charge is 2.09. The number of hydrogen-bond donors (Lipinski definition) is 0. The predicted octanol–water partition coefficient (Wildman–Crippen LogP) is 4.24. The average Bonchev–Trinajstić information content (AvgIpc) is 2.45. The van der Waals surface area contributed by atoms with Crippen LogP contribution in [-0.4, -0.2) is 17.6 Å². The molecule has 3 heteroatoms. The van der Waals surface area contributed by atoms with Crippen molar-refractivity contribution in [2.75, 3.05) is 6.61 Å². The molecule has 1 aromatic carbocycles. The van der Waals surface area contributed by atoms with E-state index in [1.54, 1.807) is 13.0 Å². The van der Waals surface area contributed by atoms with Crippen molar-refractivity contribution in [1.82, 2.24) is 4.98 Å². The van der Waals surface area contributed by atoms with Gasteiger partial charge in [-0.15, -0.1) is 0 Å². The lowest BCUT2D eigenvalue weighted by molar-refractivity contribution is -0.137. The molecule has 0 spiro atoms. The largest absolute Gasteiger partial charge is 0.463 e. The quantitative estimate of drug-likeness (QED) is 0.622. The summed E-state index contributed by atoms with van der Waals surface area (Å²) in [5.41, 5.74) is 4.17. The number of carbonyl (C=O) groups is 1. The Morgan fingerprint density at radius 1 is 1.38 bits per heavy atom. The first-order valence-corrected chi connectivity index (χ1v) is 7.28. The summed E-state index contributed by atoms with van der Waals surface area (Å²) in [5, 5.41) is 1.16. The topological polar surface area (TPSA) is 39.2 Å². The predicted molar refractivity (Wildman–Crippen MR) is 86.2 cm³/mol. The first-order chi connectivity index (χ1) is 10.0. The number of fused-ring (bicyclic) bond motifs is 1. The number of ether oxygens (including phenoxy) is 1. The maximum Gasteiger partial charge on any atom is 0.330 e. The molecular weight excluding hydrogens is 262 g/mol. The van der Waals surface area contributed by atoms with E-state index < -0.39 is 0 Å². The third-order valence-corrected chi connectivity index (χ3v) is 3.40. The van der Waals surface area contributed by atoms with Crippen LogP contribution in [-0.2, 0) is 9.53 Å². The lowest BCUT2D eigenvalue weighted by Gasteiger charge is -2.11. The van der Waals surface area contributed by atoms with Gasteiger partial charge in [0.1, 0.15) is 0 Å². The molecule has 0 bridgehead atoms. The molecule has 0 saturated carbocycles. The average molecular weight is 283 g/mol. The maximum absolute atomic E-state index is 11.4. The Morgan fingerprint density at radius 3 is 2.81 bits per heavy atom. The Kier molecular flexibility index (Phi) is 4.73. The second-order valence-corrected chi connectivity index (χ2v) is 5.35. The second-order valence-electron chi connectivity index (χ2n) is 5.35. The van der Waals surface area contributed by atoms with Crippen molar-refractivity contribution in [3.8, 4) is 0 Å². The van der Waals surface area contributed by atoms with Gasteiger partial charge in [-0.3, -0.25) is 0 Å². The van der Waals surface area contributed by atoms with E-state index in [1.165, 1.54) is 11.6 Å². The number of para-hydroxylation sites is 1. The number of rotatable bonds is 4. The van der Waals surface area contributed by atoms with Crippen molar-refractivity contribution >= 4 is 22.9 Å². The summed E-state index contributed by atoms with van der Waals surface area (Å²) in [6, 6.07) is 8.25. The highest BCUT2D eigenvalue weighted by Crippen LogP contribution is 2.26. The van der Waals surface area contributed by atoms with Gasteiger partial charge in [0.2, 0.25) is 0 Å². The van der Waals surface area contributed by atoms with Gasteiger partial charge >= 0.3 is 5.97 Å². The maximum atomic E-state index is 11.4. The van der Waals surface area contributed by atoms with Gasteiger partial charge in [-0.05, 0) is 43.0 Å². The fourth-order valence-electron chi connectivity index (χ4n) is 2.36. The van der Waals surface area contributed by atoms with Crippen molar-refractivity contribution < 1.29 is 9.53 Å². The molecule has 0 aliphatic heterocycles. The molecule has 3 nitrogen and oxygen atoms in total. The zero-order valence-corrected chi connectivity index (χ0v) is 13.0. The number of aromatic nitrogens is 1. The van der Waals surface area contributed by atoms with Gasteiger partial charge in [0.25, 0.3) is 0 Å². The van der Waals surface area contributed by atoms with Crippen molar-refractivity contribution in [2.45, 2.75) is 33.6 Å². The molecule has 0 N–H and O–H groups in total. The molecule has 21 heavy (non-hydrogen) atoms. The molecule has 0 aliphatic carbocycles. The SMILES string of the molecule is CCOC(=O)/C=C/c1cc(C)c2cccc(C(C)C)c2n1. The lowest BCUT2D eigenvalue weighted by atomic mass is 9.97. The molecule has 1 aromatic heterocycles. The van der Waals surface area contributed by atoms with Gasteiger partial charge in [-0.1, -0.05) is 32.0 Å². The van der Waals surface area contributed by atoms with E-state index in [9.17, 15) is 4.79 Å². The number of nitrogens with zero attached hydrogens (tertiary/aromatic N) is 1. The molecule has 1 heterocycles. The standard InChI is InChI=1S/C18H21NO2/c1-5-21-17(20)10-9-14-11-13(4)16-8-6-7-15(12(2)3)18(16)19-14/h6-12H,5H2,1-4H3/b10-9+. The van der Waals surface area contributed by atoms with Gasteiger partial charge in [-0.25, -0.2) is 9.78 Å². The highest BCUT2D eigenvalue weighted by molar-refractivity contribution is 5.89. The zero-order chi connectivity index (χ0) is 15.4. The van der Waals surface area contributed by atoms with E-state index >= 15 is 0 Å². The summed E-state index contributed by atoms with van der Waals surface area (Å²) in [6.07, 6.45) is 3.14. The summed E-state index contributed by atoms with van der Waals surface area (Å²) < 4.78 is 4.89. The Balaban J connectivity index is 2.48. The molecule has 0 unspecified atom stereocenters. The number of pyridine rings is 1. The molecule has 0 aliphatic rings. The fraction of sp³-hybridized carbons (Fsp3) is 0.333. The third kappa shape index (κ3) is 3.48. The first-order valence-electron chi connectivity index (χ1n) is 7.28. The number of esters is 1.